The van der Waals surface area contributed by atoms with Crippen LogP contribution in [0.3, 0.4) is 0 Å². The van der Waals surface area contributed by atoms with Crippen molar-refractivity contribution in [1.82, 2.24) is 0 Å². The molecule has 0 saturated carbocycles. The molecule has 0 amide bonds. The number of nitrogens with zero attached hydrogens (tertiary/aromatic N) is 1. The molecule has 1 aliphatic heterocycles. The van der Waals surface area contributed by atoms with Gasteiger partial charge >= 0.3 is 0 Å². The average Bonchev–Trinajstić information content (AvgIpc) is 2.48. The summed E-state index contributed by atoms with van der Waals surface area (Å²) in [7, 11) is 0. The van der Waals surface area contributed by atoms with Crippen molar-refractivity contribution in [3.05, 3.63) is 71.8 Å². The predicted octanol–water partition coefficient (Wildman–Crippen LogP) is 0.361. The van der Waals surface area contributed by atoms with E-state index in [-0.39, 0.29) is 18.4 Å². The zero-order valence-electron chi connectivity index (χ0n) is 13.2. The van der Waals surface area contributed by atoms with E-state index in [4.69, 9.17) is 0 Å². The summed E-state index contributed by atoms with van der Waals surface area (Å²) in [6.07, 6.45) is 0. The molecule has 3 rings (SSSR count). The van der Waals surface area contributed by atoms with Crippen LogP contribution in [-0.2, 0) is 13.1 Å². The van der Waals surface area contributed by atoms with Crippen molar-refractivity contribution < 1.29 is 22.0 Å². The molecule has 0 unspecified atom stereocenters. The molecule has 118 valence electrons. The fourth-order valence-corrected chi connectivity index (χ4v) is 3.72. The molecular formula is C19H24ClNO. The molecule has 2 atom stereocenters. The third-order valence-corrected chi connectivity index (χ3v) is 5.04. The third kappa shape index (κ3) is 3.19. The Balaban J connectivity index is 0.00000176. The molecule has 1 aliphatic rings. The normalized spacial score (nSPS) is 25.9. The number of quaternary nitrogens is 1. The first-order valence-electron chi connectivity index (χ1n) is 7.68. The molecule has 1 saturated heterocycles. The molecule has 0 spiro atoms. The third-order valence-electron chi connectivity index (χ3n) is 5.04. The SMILES string of the molecule is C[C@H]1[C@@](C)(O)C[N+]1(Cc1ccccc1)Cc1ccccc1.[Cl-]. The van der Waals surface area contributed by atoms with Crippen LogP contribution in [0.1, 0.15) is 25.0 Å². The second-order valence-corrected chi connectivity index (χ2v) is 6.70. The second-order valence-electron chi connectivity index (χ2n) is 6.70. The summed E-state index contributed by atoms with van der Waals surface area (Å²) < 4.78 is 0.932. The Bertz CT molecular complexity index is 556. The maximum atomic E-state index is 10.5. The average molecular weight is 318 g/mol. The highest BCUT2D eigenvalue weighted by molar-refractivity contribution is 5.16. The van der Waals surface area contributed by atoms with Crippen LogP contribution in [0.2, 0.25) is 0 Å². The van der Waals surface area contributed by atoms with Gasteiger partial charge in [0.2, 0.25) is 0 Å². The molecular weight excluding hydrogens is 294 g/mol. The largest absolute Gasteiger partial charge is 1.00 e. The van der Waals surface area contributed by atoms with Crippen LogP contribution >= 0.6 is 0 Å². The van der Waals surface area contributed by atoms with Crippen LogP contribution in [0.4, 0.5) is 0 Å². The molecule has 2 nitrogen and oxygen atoms in total. The molecule has 0 aliphatic carbocycles. The van der Waals surface area contributed by atoms with E-state index in [2.05, 4.69) is 67.6 Å². The first-order valence-corrected chi connectivity index (χ1v) is 7.68. The summed E-state index contributed by atoms with van der Waals surface area (Å²) in [4.78, 5) is 0. The highest BCUT2D eigenvalue weighted by Crippen LogP contribution is 2.40. The molecule has 0 bridgehead atoms. The van der Waals surface area contributed by atoms with Crippen LogP contribution < -0.4 is 12.4 Å². The van der Waals surface area contributed by atoms with Crippen molar-refractivity contribution in [2.75, 3.05) is 6.54 Å². The van der Waals surface area contributed by atoms with Gasteiger partial charge in [0.15, 0.2) is 5.60 Å². The molecule has 3 heteroatoms. The lowest BCUT2D eigenvalue weighted by Gasteiger charge is -2.59. The standard InChI is InChI=1S/C19H24NO.ClH/c1-16-19(2,21)15-20(16,13-17-9-5-3-6-10-17)14-18-11-7-4-8-12-18;/h3-12,16,21H,13-15H2,1-2H3;1H/q+1;/p-1/t16-,19-;/m0./s1. The Morgan fingerprint density at radius 2 is 1.36 bits per heavy atom. The van der Waals surface area contributed by atoms with E-state index in [9.17, 15) is 5.11 Å². The molecule has 0 aromatic heterocycles. The zero-order chi connectivity index (χ0) is 14.9. The maximum absolute atomic E-state index is 10.5. The smallest absolute Gasteiger partial charge is 0.162 e. The molecule has 22 heavy (non-hydrogen) atoms. The Morgan fingerprint density at radius 1 is 0.955 bits per heavy atom. The summed E-state index contributed by atoms with van der Waals surface area (Å²) in [6, 6.07) is 21.5. The molecule has 1 heterocycles. The fraction of sp³-hybridized carbons (Fsp3) is 0.368. The van der Waals surface area contributed by atoms with Gasteiger partial charge in [-0.3, -0.25) is 0 Å². The molecule has 0 radical (unpaired) electrons. The minimum atomic E-state index is -0.552. The molecule has 1 fully saturated rings. The number of likely N-dealkylation sites (tertiary alicyclic amines) is 1. The van der Waals surface area contributed by atoms with E-state index in [0.717, 1.165) is 24.1 Å². The number of aliphatic hydroxyl groups is 1. The Kier molecular flexibility index (Phi) is 4.96. The second kappa shape index (κ2) is 6.41. The number of hydrogen-bond acceptors (Lipinski definition) is 1. The molecule has 2 aromatic carbocycles. The quantitative estimate of drug-likeness (QED) is 0.808. The lowest BCUT2D eigenvalue weighted by atomic mass is 9.81. The Labute approximate surface area is 139 Å². The van der Waals surface area contributed by atoms with Crippen LogP contribution in [0.25, 0.3) is 0 Å². The van der Waals surface area contributed by atoms with Crippen molar-refractivity contribution >= 4 is 0 Å². The van der Waals surface area contributed by atoms with Gasteiger partial charge < -0.3 is 22.0 Å². The van der Waals surface area contributed by atoms with Crippen molar-refractivity contribution in [3.63, 3.8) is 0 Å². The van der Waals surface area contributed by atoms with Gasteiger partial charge in [-0.2, -0.15) is 0 Å². The topological polar surface area (TPSA) is 20.2 Å². The van der Waals surface area contributed by atoms with Gasteiger partial charge in [-0.05, 0) is 13.8 Å². The minimum Gasteiger partial charge on any atom is -1.00 e. The van der Waals surface area contributed by atoms with Crippen LogP contribution in [0, 0.1) is 0 Å². The molecule has 1 N–H and O–H groups in total. The van der Waals surface area contributed by atoms with Crippen LogP contribution in [-0.4, -0.2) is 27.8 Å². The first-order chi connectivity index (χ1) is 10.0. The van der Waals surface area contributed by atoms with Crippen molar-refractivity contribution in [2.24, 2.45) is 0 Å². The summed E-state index contributed by atoms with van der Waals surface area (Å²) in [5.41, 5.74) is 2.13. The van der Waals surface area contributed by atoms with Crippen molar-refractivity contribution in [2.45, 2.75) is 38.6 Å². The van der Waals surface area contributed by atoms with Gasteiger partial charge in [0.05, 0.1) is 0 Å². The Hall–Kier alpha value is -1.35. The van der Waals surface area contributed by atoms with E-state index >= 15 is 0 Å². The Morgan fingerprint density at radius 3 is 1.68 bits per heavy atom. The van der Waals surface area contributed by atoms with E-state index in [0.29, 0.717) is 0 Å². The summed E-state index contributed by atoms with van der Waals surface area (Å²) in [6.45, 7) is 6.91. The monoisotopic (exact) mass is 317 g/mol. The van der Waals surface area contributed by atoms with Gasteiger partial charge in [0, 0.05) is 11.1 Å². The number of rotatable bonds is 4. The van der Waals surface area contributed by atoms with Gasteiger partial charge in [-0.25, -0.2) is 0 Å². The lowest BCUT2D eigenvalue weighted by molar-refractivity contribution is -1.03. The van der Waals surface area contributed by atoms with E-state index in [1.165, 1.54) is 11.1 Å². The zero-order valence-corrected chi connectivity index (χ0v) is 14.0. The van der Waals surface area contributed by atoms with Gasteiger partial charge in [0.25, 0.3) is 0 Å². The van der Waals surface area contributed by atoms with E-state index < -0.39 is 5.60 Å². The summed E-state index contributed by atoms with van der Waals surface area (Å²) in [5.74, 6) is 0. The summed E-state index contributed by atoms with van der Waals surface area (Å²) in [5, 5.41) is 10.5. The minimum absolute atomic E-state index is 0. The van der Waals surface area contributed by atoms with Crippen molar-refractivity contribution in [1.29, 1.82) is 0 Å². The van der Waals surface area contributed by atoms with Gasteiger partial charge in [0.1, 0.15) is 25.7 Å². The van der Waals surface area contributed by atoms with Crippen LogP contribution in [0.5, 0.6) is 0 Å². The highest BCUT2D eigenvalue weighted by Gasteiger charge is 2.58. The maximum Gasteiger partial charge on any atom is 0.162 e. The van der Waals surface area contributed by atoms with Crippen molar-refractivity contribution in [3.8, 4) is 0 Å². The van der Waals surface area contributed by atoms with Gasteiger partial charge in [-0.15, -0.1) is 0 Å². The first kappa shape index (κ1) is 17.0. The van der Waals surface area contributed by atoms with E-state index in [1.807, 2.05) is 6.92 Å². The van der Waals surface area contributed by atoms with Gasteiger partial charge in [-0.1, -0.05) is 60.7 Å². The lowest BCUT2D eigenvalue weighted by Crippen LogP contribution is -3.00. The predicted molar refractivity (Wildman–Crippen MR) is 85.5 cm³/mol. The fourth-order valence-electron chi connectivity index (χ4n) is 3.72. The number of hydrogen-bond donors (Lipinski definition) is 1. The number of halogens is 1. The number of benzene rings is 2. The highest BCUT2D eigenvalue weighted by atomic mass is 35.5. The van der Waals surface area contributed by atoms with Crippen LogP contribution in [0.15, 0.2) is 60.7 Å². The summed E-state index contributed by atoms with van der Waals surface area (Å²) >= 11 is 0. The molecule has 2 aromatic rings. The van der Waals surface area contributed by atoms with E-state index in [1.54, 1.807) is 0 Å².